The fourth-order valence-corrected chi connectivity index (χ4v) is 3.12. The molecular formula is C16H25BrO2. The molecule has 0 heterocycles. The largest absolute Gasteiger partial charge is 0.490 e. The molecule has 0 saturated carbocycles. The molecule has 1 aromatic carbocycles. The lowest BCUT2D eigenvalue weighted by Crippen LogP contribution is -2.20. The minimum absolute atomic E-state index is 0.512. The molecule has 0 aromatic heterocycles. The number of benzene rings is 1. The topological polar surface area (TPSA) is 18.5 Å². The predicted molar refractivity (Wildman–Crippen MR) is 84.4 cm³/mol. The van der Waals surface area contributed by atoms with E-state index in [4.69, 9.17) is 9.47 Å². The molecule has 2 nitrogen and oxygen atoms in total. The van der Waals surface area contributed by atoms with Crippen LogP contribution in [0.1, 0.15) is 34.1 Å². The maximum atomic E-state index is 5.87. The number of halogens is 1. The first-order chi connectivity index (χ1) is 9.06. The molecule has 0 amide bonds. The molecule has 1 aromatic rings. The first-order valence-electron chi connectivity index (χ1n) is 7.05. The van der Waals surface area contributed by atoms with E-state index in [0.29, 0.717) is 23.3 Å². The second-order valence-corrected chi connectivity index (χ2v) is 6.55. The van der Waals surface area contributed by atoms with Crippen molar-refractivity contribution in [2.24, 2.45) is 11.8 Å². The number of para-hydroxylation sites is 2. The van der Waals surface area contributed by atoms with Crippen LogP contribution in [0, 0.1) is 11.8 Å². The third-order valence-electron chi connectivity index (χ3n) is 3.30. The lowest BCUT2D eigenvalue weighted by Gasteiger charge is -2.23. The molecule has 19 heavy (non-hydrogen) atoms. The minimum Gasteiger partial charge on any atom is -0.490 e. The Bertz CT molecular complexity index is 356. The van der Waals surface area contributed by atoms with Crippen molar-refractivity contribution in [3.05, 3.63) is 24.3 Å². The third kappa shape index (κ3) is 5.43. The van der Waals surface area contributed by atoms with Gasteiger partial charge in [-0.15, -0.1) is 0 Å². The van der Waals surface area contributed by atoms with Crippen molar-refractivity contribution in [2.45, 2.75) is 38.9 Å². The second-order valence-electron chi connectivity index (χ2n) is 5.10. The number of hydrogen-bond donors (Lipinski definition) is 0. The van der Waals surface area contributed by atoms with E-state index in [1.165, 1.54) is 0 Å². The highest BCUT2D eigenvalue weighted by molar-refractivity contribution is 9.09. The van der Waals surface area contributed by atoms with Gasteiger partial charge < -0.3 is 9.47 Å². The number of rotatable bonds is 8. The van der Waals surface area contributed by atoms with Gasteiger partial charge in [0.25, 0.3) is 0 Å². The van der Waals surface area contributed by atoms with Gasteiger partial charge >= 0.3 is 0 Å². The molecule has 1 rings (SSSR count). The zero-order chi connectivity index (χ0) is 14.3. The smallest absolute Gasteiger partial charge is 0.161 e. The highest BCUT2D eigenvalue weighted by Gasteiger charge is 2.18. The van der Waals surface area contributed by atoms with E-state index in [1.54, 1.807) is 0 Å². The second kappa shape index (κ2) is 8.47. The van der Waals surface area contributed by atoms with Crippen molar-refractivity contribution >= 4 is 15.9 Å². The summed E-state index contributed by atoms with van der Waals surface area (Å²) >= 11 is 3.69. The summed E-state index contributed by atoms with van der Waals surface area (Å²) in [6, 6.07) is 7.86. The Morgan fingerprint density at radius 2 is 1.63 bits per heavy atom. The monoisotopic (exact) mass is 328 g/mol. The van der Waals surface area contributed by atoms with Crippen molar-refractivity contribution in [2.75, 3.05) is 13.2 Å². The molecule has 0 bridgehead atoms. The highest BCUT2D eigenvalue weighted by atomic mass is 79.9. The zero-order valence-corrected chi connectivity index (χ0v) is 13.9. The Morgan fingerprint density at radius 3 is 2.11 bits per heavy atom. The van der Waals surface area contributed by atoms with Gasteiger partial charge in [-0.1, -0.05) is 48.8 Å². The van der Waals surface area contributed by atoms with Gasteiger partial charge in [0, 0.05) is 4.83 Å². The summed E-state index contributed by atoms with van der Waals surface area (Å²) < 4.78 is 11.4. The molecule has 0 aliphatic carbocycles. The summed E-state index contributed by atoms with van der Waals surface area (Å²) in [5, 5.41) is 0. The molecule has 0 radical (unpaired) electrons. The van der Waals surface area contributed by atoms with E-state index >= 15 is 0 Å². The fraction of sp³-hybridized carbons (Fsp3) is 0.625. The molecule has 0 saturated heterocycles. The summed E-state index contributed by atoms with van der Waals surface area (Å²) in [7, 11) is 0. The summed E-state index contributed by atoms with van der Waals surface area (Å²) in [5.41, 5.74) is 0. The van der Waals surface area contributed by atoms with Crippen molar-refractivity contribution in [1.82, 2.24) is 0 Å². The highest BCUT2D eigenvalue weighted by Crippen LogP contribution is 2.28. The molecule has 0 spiro atoms. The average molecular weight is 329 g/mol. The Morgan fingerprint density at radius 1 is 1.05 bits per heavy atom. The number of ether oxygens (including phenoxy) is 2. The molecule has 3 heteroatoms. The van der Waals surface area contributed by atoms with Crippen LogP contribution < -0.4 is 9.47 Å². The van der Waals surface area contributed by atoms with Gasteiger partial charge in [-0.3, -0.25) is 0 Å². The molecule has 0 N–H and O–H groups in total. The molecule has 2 unspecified atom stereocenters. The van der Waals surface area contributed by atoms with Crippen LogP contribution in [0.5, 0.6) is 11.5 Å². The van der Waals surface area contributed by atoms with E-state index in [-0.39, 0.29) is 0 Å². The zero-order valence-electron chi connectivity index (χ0n) is 12.4. The van der Waals surface area contributed by atoms with Crippen molar-refractivity contribution in [1.29, 1.82) is 0 Å². The van der Waals surface area contributed by atoms with Gasteiger partial charge in [0.05, 0.1) is 13.2 Å². The maximum Gasteiger partial charge on any atom is 0.161 e. The van der Waals surface area contributed by atoms with Gasteiger partial charge in [0.15, 0.2) is 11.5 Å². The standard InChI is InChI=1S/C16H25BrO2/c1-5-18-15-8-6-7-9-16(15)19-11-10-14(12(2)3)13(4)17/h6-9,12-14H,5,10-11H2,1-4H3. The summed E-state index contributed by atoms with van der Waals surface area (Å²) in [4.78, 5) is 0.512. The van der Waals surface area contributed by atoms with Crippen LogP contribution in [0.2, 0.25) is 0 Å². The molecule has 0 aliphatic rings. The SMILES string of the molecule is CCOc1ccccc1OCCC(C(C)C)C(C)Br. The first kappa shape index (κ1) is 16.4. The Hall–Kier alpha value is -0.700. The Kier molecular flexibility index (Phi) is 7.29. The van der Waals surface area contributed by atoms with Gasteiger partial charge in [0.2, 0.25) is 0 Å². The molecule has 108 valence electrons. The van der Waals surface area contributed by atoms with Crippen LogP contribution in [0.15, 0.2) is 24.3 Å². The number of alkyl halides is 1. The van der Waals surface area contributed by atoms with Crippen LogP contribution in [0.3, 0.4) is 0 Å². The van der Waals surface area contributed by atoms with E-state index in [0.717, 1.165) is 24.5 Å². The number of hydrogen-bond acceptors (Lipinski definition) is 2. The van der Waals surface area contributed by atoms with Crippen molar-refractivity contribution in [3.8, 4) is 11.5 Å². The van der Waals surface area contributed by atoms with Gasteiger partial charge in [-0.2, -0.15) is 0 Å². The fourth-order valence-electron chi connectivity index (χ4n) is 2.24. The van der Waals surface area contributed by atoms with Gasteiger partial charge in [0.1, 0.15) is 0 Å². The predicted octanol–water partition coefficient (Wildman–Crippen LogP) is 4.91. The van der Waals surface area contributed by atoms with E-state index in [2.05, 4.69) is 36.7 Å². The molecule has 0 fully saturated rings. The van der Waals surface area contributed by atoms with Crippen LogP contribution in [0.4, 0.5) is 0 Å². The Labute approximate surface area is 125 Å². The quantitative estimate of drug-likeness (QED) is 0.631. The van der Waals surface area contributed by atoms with Crippen molar-refractivity contribution < 1.29 is 9.47 Å². The van der Waals surface area contributed by atoms with Crippen LogP contribution >= 0.6 is 15.9 Å². The van der Waals surface area contributed by atoms with Gasteiger partial charge in [-0.25, -0.2) is 0 Å². The molecular weight excluding hydrogens is 304 g/mol. The van der Waals surface area contributed by atoms with Crippen LogP contribution in [0.25, 0.3) is 0 Å². The summed E-state index contributed by atoms with van der Waals surface area (Å²) in [5.74, 6) is 2.95. The van der Waals surface area contributed by atoms with E-state index in [9.17, 15) is 0 Å². The maximum absolute atomic E-state index is 5.87. The normalized spacial score (nSPS) is 14.2. The van der Waals surface area contributed by atoms with E-state index in [1.807, 2.05) is 31.2 Å². The third-order valence-corrected chi connectivity index (χ3v) is 3.98. The van der Waals surface area contributed by atoms with Crippen molar-refractivity contribution in [3.63, 3.8) is 0 Å². The van der Waals surface area contributed by atoms with Crippen LogP contribution in [-0.2, 0) is 0 Å². The lowest BCUT2D eigenvalue weighted by atomic mass is 9.90. The molecule has 2 atom stereocenters. The van der Waals surface area contributed by atoms with Gasteiger partial charge in [-0.05, 0) is 37.3 Å². The molecule has 0 aliphatic heterocycles. The first-order valence-corrected chi connectivity index (χ1v) is 7.96. The lowest BCUT2D eigenvalue weighted by molar-refractivity contribution is 0.235. The average Bonchev–Trinajstić information content (AvgIpc) is 2.35. The summed E-state index contributed by atoms with van der Waals surface area (Å²) in [6.07, 6.45) is 1.05. The van der Waals surface area contributed by atoms with Crippen LogP contribution in [-0.4, -0.2) is 18.0 Å². The van der Waals surface area contributed by atoms with E-state index < -0.39 is 0 Å². The Balaban J connectivity index is 2.52. The summed E-state index contributed by atoms with van der Waals surface area (Å²) in [6.45, 7) is 10.1. The minimum atomic E-state index is 0.512.